The van der Waals surface area contributed by atoms with Gasteiger partial charge in [-0.2, -0.15) is 13.2 Å². The Kier molecular flexibility index (Phi) is 3.46. The molecule has 2 heterocycles. The maximum Gasteiger partial charge on any atom is 0.435 e. The maximum absolute atomic E-state index is 12.4. The number of thiazole rings is 1. The van der Waals surface area contributed by atoms with Gasteiger partial charge in [0, 0.05) is 5.69 Å². The number of nitrogen functional groups attached to an aromatic ring is 1. The van der Waals surface area contributed by atoms with Crippen molar-refractivity contribution in [3.63, 3.8) is 0 Å². The van der Waals surface area contributed by atoms with Crippen LogP contribution >= 0.6 is 23.1 Å². The highest BCUT2D eigenvalue weighted by Gasteiger charge is 2.32. The van der Waals surface area contributed by atoms with E-state index < -0.39 is 11.9 Å². The largest absolute Gasteiger partial charge is 0.435 e. The van der Waals surface area contributed by atoms with E-state index in [9.17, 15) is 13.2 Å². The number of halogens is 3. The summed E-state index contributed by atoms with van der Waals surface area (Å²) in [4.78, 5) is 4.36. The van der Waals surface area contributed by atoms with Crippen LogP contribution in [0.3, 0.4) is 0 Å². The summed E-state index contributed by atoms with van der Waals surface area (Å²) in [6, 6.07) is 7.52. The second-order valence-corrected chi connectivity index (χ2v) is 6.36. The third kappa shape index (κ3) is 3.08. The van der Waals surface area contributed by atoms with Gasteiger partial charge < -0.3 is 5.73 Å². The molecule has 0 atom stereocenters. The molecule has 0 aliphatic heterocycles. The maximum atomic E-state index is 12.4. The molecule has 0 amide bonds. The normalized spacial score (nSPS) is 12.0. The minimum absolute atomic E-state index is 0.357. The van der Waals surface area contributed by atoms with E-state index >= 15 is 0 Å². The number of aromatic nitrogens is 3. The standard InChI is InChI=1S/C12H7F3N4S2/c13-12(14,15)9-3-4-10(19-18-9)21-11-17-7-2-1-6(16)5-8(7)20-11/h1-5H,16H2. The van der Waals surface area contributed by atoms with Gasteiger partial charge in [0.1, 0.15) is 5.03 Å². The number of benzene rings is 1. The zero-order chi connectivity index (χ0) is 15.0. The lowest BCUT2D eigenvalue weighted by molar-refractivity contribution is -0.141. The van der Waals surface area contributed by atoms with Gasteiger partial charge in [0.15, 0.2) is 10.0 Å². The first kappa shape index (κ1) is 14.1. The number of fused-ring (bicyclic) bond motifs is 1. The highest BCUT2D eigenvalue weighted by Crippen LogP contribution is 2.34. The van der Waals surface area contributed by atoms with Crippen molar-refractivity contribution in [3.8, 4) is 0 Å². The zero-order valence-electron chi connectivity index (χ0n) is 10.3. The van der Waals surface area contributed by atoms with E-state index in [-0.39, 0.29) is 0 Å². The van der Waals surface area contributed by atoms with Crippen molar-refractivity contribution >= 4 is 39.0 Å². The zero-order valence-corrected chi connectivity index (χ0v) is 11.9. The lowest BCUT2D eigenvalue weighted by atomic mass is 10.3. The van der Waals surface area contributed by atoms with Crippen molar-refractivity contribution in [2.24, 2.45) is 0 Å². The number of rotatable bonds is 2. The average molecular weight is 328 g/mol. The number of alkyl halides is 3. The molecule has 2 aromatic heterocycles. The summed E-state index contributed by atoms with van der Waals surface area (Å²) in [7, 11) is 0. The van der Waals surface area contributed by atoms with Crippen LogP contribution in [0.25, 0.3) is 10.2 Å². The lowest BCUT2D eigenvalue weighted by Crippen LogP contribution is -2.08. The van der Waals surface area contributed by atoms with Crippen LogP contribution in [0.15, 0.2) is 39.7 Å². The Bertz CT molecular complexity index is 783. The highest BCUT2D eigenvalue weighted by molar-refractivity contribution is 8.01. The molecule has 0 saturated carbocycles. The molecular weight excluding hydrogens is 321 g/mol. The molecule has 1 aromatic carbocycles. The topological polar surface area (TPSA) is 64.7 Å². The third-order valence-electron chi connectivity index (χ3n) is 2.52. The van der Waals surface area contributed by atoms with Crippen LogP contribution in [0.5, 0.6) is 0 Å². The summed E-state index contributed by atoms with van der Waals surface area (Å²) in [5.74, 6) is 0. The Balaban J connectivity index is 1.84. The Morgan fingerprint density at radius 1 is 1.10 bits per heavy atom. The summed E-state index contributed by atoms with van der Waals surface area (Å²) >= 11 is 2.56. The van der Waals surface area contributed by atoms with Crippen molar-refractivity contribution in [1.82, 2.24) is 15.2 Å². The highest BCUT2D eigenvalue weighted by atomic mass is 32.2. The minimum Gasteiger partial charge on any atom is -0.399 e. The molecule has 4 nitrogen and oxygen atoms in total. The van der Waals surface area contributed by atoms with Gasteiger partial charge in [-0.05, 0) is 42.1 Å². The second-order valence-electron chi connectivity index (χ2n) is 4.06. The fourth-order valence-corrected chi connectivity index (χ4v) is 3.56. The van der Waals surface area contributed by atoms with Gasteiger partial charge in [-0.3, -0.25) is 0 Å². The van der Waals surface area contributed by atoms with Crippen molar-refractivity contribution in [2.75, 3.05) is 5.73 Å². The molecule has 0 spiro atoms. The van der Waals surface area contributed by atoms with Crippen molar-refractivity contribution in [3.05, 3.63) is 36.0 Å². The molecule has 0 saturated heterocycles. The van der Waals surface area contributed by atoms with Gasteiger partial charge in [-0.1, -0.05) is 0 Å². The van der Waals surface area contributed by atoms with E-state index in [0.29, 0.717) is 15.1 Å². The summed E-state index contributed by atoms with van der Waals surface area (Å²) in [5, 5.41) is 7.09. The molecule has 0 aliphatic rings. The van der Waals surface area contributed by atoms with E-state index in [4.69, 9.17) is 5.73 Å². The van der Waals surface area contributed by atoms with Crippen molar-refractivity contribution < 1.29 is 13.2 Å². The molecule has 0 bridgehead atoms. The predicted molar refractivity (Wildman–Crippen MR) is 75.2 cm³/mol. The molecule has 0 aliphatic carbocycles. The Hall–Kier alpha value is -1.87. The summed E-state index contributed by atoms with van der Waals surface area (Å²) in [6.07, 6.45) is -4.48. The monoisotopic (exact) mass is 328 g/mol. The van der Waals surface area contributed by atoms with Gasteiger partial charge >= 0.3 is 6.18 Å². The van der Waals surface area contributed by atoms with Gasteiger partial charge in [-0.25, -0.2) is 4.98 Å². The van der Waals surface area contributed by atoms with Crippen LogP contribution in [-0.2, 0) is 6.18 Å². The van der Waals surface area contributed by atoms with Crippen LogP contribution in [0.2, 0.25) is 0 Å². The number of anilines is 1. The molecule has 108 valence electrons. The fraction of sp³-hybridized carbons (Fsp3) is 0.0833. The molecule has 2 N–H and O–H groups in total. The van der Waals surface area contributed by atoms with Crippen molar-refractivity contribution in [1.29, 1.82) is 0 Å². The van der Waals surface area contributed by atoms with E-state index in [1.54, 1.807) is 18.2 Å². The quantitative estimate of drug-likeness (QED) is 0.724. The Labute approximate surface area is 125 Å². The Morgan fingerprint density at radius 3 is 2.57 bits per heavy atom. The molecule has 3 rings (SSSR count). The van der Waals surface area contributed by atoms with Gasteiger partial charge in [-0.15, -0.1) is 21.5 Å². The summed E-state index contributed by atoms with van der Waals surface area (Å²) in [5.41, 5.74) is 6.10. The average Bonchev–Trinajstić information content (AvgIpc) is 2.79. The van der Waals surface area contributed by atoms with Gasteiger partial charge in [0.25, 0.3) is 0 Å². The molecule has 3 aromatic rings. The molecule has 0 fully saturated rings. The van der Waals surface area contributed by atoms with Crippen LogP contribution in [0, 0.1) is 0 Å². The van der Waals surface area contributed by atoms with E-state index in [1.807, 2.05) is 0 Å². The lowest BCUT2D eigenvalue weighted by Gasteiger charge is -2.04. The first-order valence-electron chi connectivity index (χ1n) is 5.67. The van der Waals surface area contributed by atoms with Gasteiger partial charge in [0.05, 0.1) is 10.2 Å². The minimum atomic E-state index is -4.48. The smallest absolute Gasteiger partial charge is 0.399 e. The van der Waals surface area contributed by atoms with E-state index in [1.165, 1.54) is 17.4 Å². The molecule has 21 heavy (non-hydrogen) atoms. The van der Waals surface area contributed by atoms with Crippen LogP contribution in [-0.4, -0.2) is 15.2 Å². The van der Waals surface area contributed by atoms with Crippen LogP contribution in [0.4, 0.5) is 18.9 Å². The number of hydrogen-bond acceptors (Lipinski definition) is 6. The fourth-order valence-electron chi connectivity index (χ4n) is 1.58. The second kappa shape index (κ2) is 5.15. The first-order valence-corrected chi connectivity index (χ1v) is 7.30. The van der Waals surface area contributed by atoms with Crippen LogP contribution < -0.4 is 5.73 Å². The predicted octanol–water partition coefficient (Wildman–Crippen LogP) is 3.84. The molecule has 9 heteroatoms. The summed E-state index contributed by atoms with van der Waals surface area (Å²) < 4.78 is 38.8. The molecule has 0 radical (unpaired) electrons. The van der Waals surface area contributed by atoms with E-state index in [2.05, 4.69) is 15.2 Å². The Morgan fingerprint density at radius 2 is 1.90 bits per heavy atom. The van der Waals surface area contributed by atoms with E-state index in [0.717, 1.165) is 28.0 Å². The third-order valence-corrected chi connectivity index (χ3v) is 4.52. The molecule has 0 unspecified atom stereocenters. The number of hydrogen-bond donors (Lipinski definition) is 1. The molecular formula is C12H7F3N4S2. The van der Waals surface area contributed by atoms with Crippen molar-refractivity contribution in [2.45, 2.75) is 15.5 Å². The van der Waals surface area contributed by atoms with Crippen LogP contribution in [0.1, 0.15) is 5.69 Å². The SMILES string of the molecule is Nc1ccc2nc(Sc3ccc(C(F)(F)F)nn3)sc2c1. The van der Waals surface area contributed by atoms with Gasteiger partial charge in [0.2, 0.25) is 0 Å². The number of nitrogens with two attached hydrogens (primary N) is 1. The number of nitrogens with zero attached hydrogens (tertiary/aromatic N) is 3. The summed E-state index contributed by atoms with van der Waals surface area (Å²) in [6.45, 7) is 0. The first-order chi connectivity index (χ1) is 9.91.